The third-order valence-electron chi connectivity index (χ3n) is 4.69. The lowest BCUT2D eigenvalue weighted by Gasteiger charge is -2.33. The monoisotopic (exact) mass is 364 g/mol. The molecule has 0 spiro atoms. The average molecular weight is 365 g/mol. The van der Waals surface area contributed by atoms with Crippen molar-refractivity contribution in [3.63, 3.8) is 0 Å². The number of aromatic nitrogens is 1. The van der Waals surface area contributed by atoms with Crippen LogP contribution in [0.2, 0.25) is 5.02 Å². The summed E-state index contributed by atoms with van der Waals surface area (Å²) in [5, 5.41) is 3.98. The van der Waals surface area contributed by atoms with Crippen molar-refractivity contribution in [2.45, 2.75) is 25.7 Å². The summed E-state index contributed by atoms with van der Waals surface area (Å²) >= 11 is 7.65. The topological polar surface area (TPSA) is 34.6 Å². The SMILES string of the molecule is Clc1ccc(-c2nc(CN3CCC(C4OCCO4)CC3)cs2)cc1. The van der Waals surface area contributed by atoms with E-state index in [1.165, 1.54) is 0 Å². The first-order valence-electron chi connectivity index (χ1n) is 8.44. The van der Waals surface area contributed by atoms with Gasteiger partial charge in [0.05, 0.1) is 18.9 Å². The maximum absolute atomic E-state index is 5.95. The van der Waals surface area contributed by atoms with Crippen LogP contribution in [0.25, 0.3) is 10.6 Å². The van der Waals surface area contributed by atoms with Crippen LogP contribution in [-0.2, 0) is 16.0 Å². The first-order valence-corrected chi connectivity index (χ1v) is 9.69. The predicted octanol–water partition coefficient (Wildman–Crippen LogP) is 4.05. The summed E-state index contributed by atoms with van der Waals surface area (Å²) in [6.07, 6.45) is 2.31. The van der Waals surface area contributed by atoms with Crippen molar-refractivity contribution in [2.24, 2.45) is 5.92 Å². The Hall–Kier alpha value is -0.980. The fourth-order valence-corrected chi connectivity index (χ4v) is 4.31. The number of likely N-dealkylation sites (tertiary alicyclic amines) is 1. The summed E-state index contributed by atoms with van der Waals surface area (Å²) in [4.78, 5) is 7.26. The van der Waals surface area contributed by atoms with Crippen molar-refractivity contribution in [1.82, 2.24) is 9.88 Å². The van der Waals surface area contributed by atoms with Crippen LogP contribution in [0, 0.1) is 5.92 Å². The fraction of sp³-hybridized carbons (Fsp3) is 0.500. The highest BCUT2D eigenvalue weighted by Gasteiger charge is 2.30. The second-order valence-electron chi connectivity index (χ2n) is 6.37. The fourth-order valence-electron chi connectivity index (χ4n) is 3.37. The van der Waals surface area contributed by atoms with E-state index >= 15 is 0 Å². The molecule has 0 N–H and O–H groups in total. The van der Waals surface area contributed by atoms with Gasteiger partial charge in [0.15, 0.2) is 6.29 Å². The van der Waals surface area contributed by atoms with Gasteiger partial charge < -0.3 is 9.47 Å². The third-order valence-corrected chi connectivity index (χ3v) is 5.89. The molecule has 6 heteroatoms. The van der Waals surface area contributed by atoms with Gasteiger partial charge in [0.25, 0.3) is 0 Å². The van der Waals surface area contributed by atoms with Crippen LogP contribution in [0.5, 0.6) is 0 Å². The molecule has 2 saturated heterocycles. The van der Waals surface area contributed by atoms with E-state index in [0.29, 0.717) is 5.92 Å². The molecule has 0 saturated carbocycles. The molecule has 0 radical (unpaired) electrons. The first-order chi connectivity index (χ1) is 11.8. The molecule has 128 valence electrons. The largest absolute Gasteiger partial charge is 0.350 e. The maximum Gasteiger partial charge on any atom is 0.160 e. The second-order valence-corrected chi connectivity index (χ2v) is 7.67. The summed E-state index contributed by atoms with van der Waals surface area (Å²) in [7, 11) is 0. The van der Waals surface area contributed by atoms with Crippen LogP contribution < -0.4 is 0 Å². The molecule has 0 bridgehead atoms. The molecule has 3 heterocycles. The highest BCUT2D eigenvalue weighted by Crippen LogP contribution is 2.28. The van der Waals surface area contributed by atoms with Crippen molar-refractivity contribution in [3.05, 3.63) is 40.4 Å². The summed E-state index contributed by atoms with van der Waals surface area (Å²) in [5.74, 6) is 0.545. The Morgan fingerprint density at radius 3 is 2.54 bits per heavy atom. The van der Waals surface area contributed by atoms with Gasteiger partial charge in [0, 0.05) is 28.4 Å². The number of ether oxygens (including phenoxy) is 2. The number of nitrogens with zero attached hydrogens (tertiary/aromatic N) is 2. The van der Waals surface area contributed by atoms with Crippen LogP contribution in [0.1, 0.15) is 18.5 Å². The van der Waals surface area contributed by atoms with Crippen molar-refractivity contribution in [1.29, 1.82) is 0 Å². The second kappa shape index (κ2) is 7.50. The molecule has 0 aliphatic carbocycles. The molecule has 2 aromatic rings. The lowest BCUT2D eigenvalue weighted by atomic mass is 9.96. The van der Waals surface area contributed by atoms with Crippen LogP contribution >= 0.6 is 22.9 Å². The van der Waals surface area contributed by atoms with Gasteiger partial charge in [-0.3, -0.25) is 4.90 Å². The first kappa shape index (κ1) is 16.5. The molecule has 0 atom stereocenters. The van der Waals surface area contributed by atoms with Gasteiger partial charge >= 0.3 is 0 Å². The van der Waals surface area contributed by atoms with Crippen molar-refractivity contribution >= 4 is 22.9 Å². The molecule has 2 aliphatic rings. The Morgan fingerprint density at radius 2 is 1.83 bits per heavy atom. The van der Waals surface area contributed by atoms with E-state index in [9.17, 15) is 0 Å². The minimum atomic E-state index is 0.0305. The number of benzene rings is 1. The van der Waals surface area contributed by atoms with E-state index in [1.54, 1.807) is 11.3 Å². The van der Waals surface area contributed by atoms with Crippen molar-refractivity contribution < 1.29 is 9.47 Å². The normalized spacial score (nSPS) is 20.7. The molecular weight excluding hydrogens is 344 g/mol. The quantitative estimate of drug-likeness (QED) is 0.819. The van der Waals surface area contributed by atoms with Gasteiger partial charge in [-0.2, -0.15) is 0 Å². The van der Waals surface area contributed by atoms with Gasteiger partial charge in [0.1, 0.15) is 5.01 Å². The zero-order valence-electron chi connectivity index (χ0n) is 13.5. The molecule has 2 fully saturated rings. The lowest BCUT2D eigenvalue weighted by molar-refractivity contribution is -0.0978. The number of rotatable bonds is 4. The van der Waals surface area contributed by atoms with Gasteiger partial charge in [0.2, 0.25) is 0 Å². The Kier molecular flexibility index (Phi) is 5.15. The van der Waals surface area contributed by atoms with Crippen molar-refractivity contribution in [3.8, 4) is 10.6 Å². The standard InChI is InChI=1S/C18H21ClN2O2S/c19-15-3-1-13(2-4-15)17-20-16(12-24-17)11-21-7-5-14(6-8-21)18-22-9-10-23-18/h1-4,12,14,18H,5-11H2. The molecule has 1 aromatic heterocycles. The molecule has 4 nitrogen and oxygen atoms in total. The summed E-state index contributed by atoms with van der Waals surface area (Å²) in [5.41, 5.74) is 2.28. The predicted molar refractivity (Wildman–Crippen MR) is 96.3 cm³/mol. The maximum atomic E-state index is 5.95. The smallest absolute Gasteiger partial charge is 0.160 e. The Morgan fingerprint density at radius 1 is 1.12 bits per heavy atom. The highest BCUT2D eigenvalue weighted by molar-refractivity contribution is 7.13. The summed E-state index contributed by atoms with van der Waals surface area (Å²) in [6.45, 7) is 4.58. The molecule has 0 unspecified atom stereocenters. The van der Waals surface area contributed by atoms with Crippen LogP contribution in [0.15, 0.2) is 29.6 Å². The molecule has 2 aliphatic heterocycles. The number of hydrogen-bond acceptors (Lipinski definition) is 5. The van der Waals surface area contributed by atoms with Crippen LogP contribution in [-0.4, -0.2) is 42.5 Å². The highest BCUT2D eigenvalue weighted by atomic mass is 35.5. The van der Waals surface area contributed by atoms with Gasteiger partial charge in [-0.25, -0.2) is 4.98 Å². The zero-order valence-corrected chi connectivity index (χ0v) is 15.1. The van der Waals surface area contributed by atoms with E-state index in [-0.39, 0.29) is 6.29 Å². The Labute approximate surface area is 151 Å². The van der Waals surface area contributed by atoms with Gasteiger partial charge in [-0.05, 0) is 38.1 Å². The number of halogens is 1. The van der Waals surface area contributed by atoms with Gasteiger partial charge in [-0.1, -0.05) is 23.7 Å². The minimum absolute atomic E-state index is 0.0305. The Bertz CT molecular complexity index is 662. The average Bonchev–Trinajstić information content (AvgIpc) is 3.28. The number of thiazole rings is 1. The van der Waals surface area contributed by atoms with E-state index in [1.807, 2.05) is 24.3 Å². The third kappa shape index (κ3) is 3.81. The number of hydrogen-bond donors (Lipinski definition) is 0. The van der Waals surface area contributed by atoms with Crippen molar-refractivity contribution in [2.75, 3.05) is 26.3 Å². The van der Waals surface area contributed by atoms with Crippen LogP contribution in [0.4, 0.5) is 0 Å². The number of piperidine rings is 1. The molecule has 1 aromatic carbocycles. The molecule has 4 rings (SSSR count). The molecule has 0 amide bonds. The lowest BCUT2D eigenvalue weighted by Crippen LogP contribution is -2.37. The van der Waals surface area contributed by atoms with Crippen LogP contribution in [0.3, 0.4) is 0 Å². The van der Waals surface area contributed by atoms with E-state index in [0.717, 1.165) is 67.0 Å². The van der Waals surface area contributed by atoms with Gasteiger partial charge in [-0.15, -0.1) is 11.3 Å². The summed E-state index contributed by atoms with van der Waals surface area (Å²) < 4.78 is 11.3. The van der Waals surface area contributed by atoms with E-state index in [2.05, 4.69) is 10.3 Å². The molecule has 24 heavy (non-hydrogen) atoms. The zero-order chi connectivity index (χ0) is 16.4. The Balaban J connectivity index is 1.32. The summed E-state index contributed by atoms with van der Waals surface area (Å²) in [6, 6.07) is 7.88. The minimum Gasteiger partial charge on any atom is -0.350 e. The van der Waals surface area contributed by atoms with E-state index < -0.39 is 0 Å². The molecular formula is C18H21ClN2O2S. The van der Waals surface area contributed by atoms with E-state index in [4.69, 9.17) is 26.1 Å².